The molecule has 5 nitrogen and oxygen atoms in total. The second-order valence-corrected chi connectivity index (χ2v) is 6.10. The van der Waals surface area contributed by atoms with E-state index < -0.39 is 11.9 Å². The van der Waals surface area contributed by atoms with Gasteiger partial charge in [-0.15, -0.1) is 0 Å². The molecule has 24 heavy (non-hydrogen) atoms. The molecule has 0 saturated heterocycles. The number of ether oxygens (including phenoxy) is 1. The fourth-order valence-corrected chi connectivity index (χ4v) is 2.56. The number of carbonyl (C=O) groups excluding carboxylic acids is 2. The zero-order valence-corrected chi connectivity index (χ0v) is 14.4. The van der Waals surface area contributed by atoms with Crippen LogP contribution in [0.25, 0.3) is 11.0 Å². The number of para-hydroxylation sites is 1. The van der Waals surface area contributed by atoms with Crippen LogP contribution in [0.15, 0.2) is 57.4 Å². The van der Waals surface area contributed by atoms with E-state index in [-0.39, 0.29) is 12.4 Å². The highest BCUT2D eigenvalue weighted by molar-refractivity contribution is 9.10. The maximum Gasteiger partial charge on any atom is 0.375 e. The van der Waals surface area contributed by atoms with E-state index in [2.05, 4.69) is 21.2 Å². The van der Waals surface area contributed by atoms with E-state index in [1.807, 2.05) is 18.2 Å². The topological polar surface area (TPSA) is 68.5 Å². The van der Waals surface area contributed by atoms with Crippen molar-refractivity contribution < 1.29 is 18.7 Å². The van der Waals surface area contributed by atoms with E-state index in [4.69, 9.17) is 9.15 Å². The molecule has 0 aliphatic carbocycles. The van der Waals surface area contributed by atoms with Gasteiger partial charge in [0, 0.05) is 21.1 Å². The molecular formula is C18H14BrNO4. The minimum absolute atomic E-state index is 0.118. The summed E-state index contributed by atoms with van der Waals surface area (Å²) in [4.78, 5) is 24.0. The maximum atomic E-state index is 12.1. The smallest absolute Gasteiger partial charge is 0.375 e. The second-order valence-electron chi connectivity index (χ2n) is 5.18. The van der Waals surface area contributed by atoms with Crippen molar-refractivity contribution >= 4 is 44.5 Å². The lowest BCUT2D eigenvalue weighted by Gasteiger charge is -2.06. The standard InChI is InChI=1S/C18H14BrNO4/c1-11-14-4-2-3-5-15(14)24-17(11)18(22)23-10-16(21)20-13-8-6-12(19)7-9-13/h2-9H,10H2,1H3,(H,20,21). The van der Waals surface area contributed by atoms with Crippen molar-refractivity contribution in [2.45, 2.75) is 6.92 Å². The predicted molar refractivity (Wildman–Crippen MR) is 94.0 cm³/mol. The largest absolute Gasteiger partial charge is 0.450 e. The van der Waals surface area contributed by atoms with Gasteiger partial charge < -0.3 is 14.5 Å². The molecule has 0 fully saturated rings. The third-order valence-corrected chi connectivity index (χ3v) is 4.02. The number of halogens is 1. The van der Waals surface area contributed by atoms with E-state index in [1.165, 1.54) is 0 Å². The van der Waals surface area contributed by atoms with Crippen LogP contribution < -0.4 is 5.32 Å². The molecular weight excluding hydrogens is 374 g/mol. The van der Waals surface area contributed by atoms with Crippen LogP contribution in [0.1, 0.15) is 16.1 Å². The minimum atomic E-state index is -0.658. The number of benzene rings is 2. The summed E-state index contributed by atoms with van der Waals surface area (Å²) in [5.41, 5.74) is 1.93. The first-order valence-electron chi connectivity index (χ1n) is 7.25. The third kappa shape index (κ3) is 3.49. The molecule has 1 aromatic heterocycles. The lowest BCUT2D eigenvalue weighted by Crippen LogP contribution is -2.21. The minimum Gasteiger partial charge on any atom is -0.450 e. The van der Waals surface area contributed by atoms with Crippen LogP contribution >= 0.6 is 15.9 Å². The van der Waals surface area contributed by atoms with Crippen molar-refractivity contribution in [3.8, 4) is 0 Å². The van der Waals surface area contributed by atoms with Gasteiger partial charge in [0.1, 0.15) is 5.58 Å². The summed E-state index contributed by atoms with van der Waals surface area (Å²) in [5, 5.41) is 3.50. The lowest BCUT2D eigenvalue weighted by molar-refractivity contribution is -0.119. The van der Waals surface area contributed by atoms with E-state index in [0.29, 0.717) is 16.8 Å². The first kappa shape index (κ1) is 16.3. The van der Waals surface area contributed by atoms with Gasteiger partial charge in [-0.05, 0) is 37.3 Å². The van der Waals surface area contributed by atoms with Gasteiger partial charge >= 0.3 is 5.97 Å². The van der Waals surface area contributed by atoms with E-state index in [0.717, 1.165) is 9.86 Å². The van der Waals surface area contributed by atoms with Gasteiger partial charge in [0.25, 0.3) is 5.91 Å². The van der Waals surface area contributed by atoms with Gasteiger partial charge in [0.05, 0.1) is 0 Å². The van der Waals surface area contributed by atoms with Crippen molar-refractivity contribution in [3.05, 3.63) is 64.3 Å². The molecule has 0 unspecified atom stereocenters. The van der Waals surface area contributed by atoms with Gasteiger partial charge in [-0.25, -0.2) is 4.79 Å². The van der Waals surface area contributed by atoms with Crippen LogP contribution in [-0.2, 0) is 9.53 Å². The van der Waals surface area contributed by atoms with E-state index >= 15 is 0 Å². The highest BCUT2D eigenvalue weighted by Crippen LogP contribution is 2.25. The normalized spacial score (nSPS) is 10.6. The quantitative estimate of drug-likeness (QED) is 0.677. The summed E-state index contributed by atoms with van der Waals surface area (Å²) >= 11 is 3.32. The van der Waals surface area contributed by atoms with Gasteiger partial charge in [-0.3, -0.25) is 4.79 Å². The number of carbonyl (C=O) groups is 2. The van der Waals surface area contributed by atoms with Crippen LogP contribution in [0.3, 0.4) is 0 Å². The van der Waals surface area contributed by atoms with E-state index in [9.17, 15) is 9.59 Å². The molecule has 0 aliphatic heterocycles. The van der Waals surface area contributed by atoms with Crippen LogP contribution in [0.4, 0.5) is 5.69 Å². The molecule has 2 aromatic carbocycles. The van der Waals surface area contributed by atoms with Gasteiger partial charge in [-0.2, -0.15) is 0 Å². The number of furan rings is 1. The summed E-state index contributed by atoms with van der Waals surface area (Å²) in [7, 11) is 0. The van der Waals surface area contributed by atoms with Crippen LogP contribution in [0.5, 0.6) is 0 Å². The summed E-state index contributed by atoms with van der Waals surface area (Å²) in [5.74, 6) is -0.957. The molecule has 1 heterocycles. The SMILES string of the molecule is Cc1c(C(=O)OCC(=O)Nc2ccc(Br)cc2)oc2ccccc12. The zero-order chi connectivity index (χ0) is 17.1. The summed E-state index contributed by atoms with van der Waals surface area (Å²) in [6.07, 6.45) is 0. The fourth-order valence-electron chi connectivity index (χ4n) is 2.30. The van der Waals surface area contributed by atoms with Crippen molar-refractivity contribution in [3.63, 3.8) is 0 Å². The molecule has 1 amide bonds. The lowest BCUT2D eigenvalue weighted by atomic mass is 10.1. The highest BCUT2D eigenvalue weighted by Gasteiger charge is 2.19. The van der Waals surface area contributed by atoms with Crippen molar-refractivity contribution in [1.29, 1.82) is 0 Å². The Labute approximate surface area is 146 Å². The molecule has 1 N–H and O–H groups in total. The van der Waals surface area contributed by atoms with Crippen molar-refractivity contribution in [1.82, 2.24) is 0 Å². The van der Waals surface area contributed by atoms with Gasteiger partial charge in [0.2, 0.25) is 5.76 Å². The number of aryl methyl sites for hydroxylation is 1. The molecule has 3 aromatic rings. The number of hydrogen-bond acceptors (Lipinski definition) is 4. The molecule has 0 spiro atoms. The first-order valence-corrected chi connectivity index (χ1v) is 8.04. The Balaban J connectivity index is 1.63. The molecule has 0 bridgehead atoms. The predicted octanol–water partition coefficient (Wildman–Crippen LogP) is 4.30. The average molecular weight is 388 g/mol. The second kappa shape index (κ2) is 6.88. The Kier molecular flexibility index (Phi) is 4.66. The van der Waals surface area contributed by atoms with E-state index in [1.54, 1.807) is 37.3 Å². The number of fused-ring (bicyclic) bond motifs is 1. The van der Waals surface area contributed by atoms with Crippen molar-refractivity contribution in [2.75, 3.05) is 11.9 Å². The molecule has 0 atom stereocenters. The third-order valence-electron chi connectivity index (χ3n) is 3.49. The first-order chi connectivity index (χ1) is 11.5. The Morgan fingerprint density at radius 2 is 1.83 bits per heavy atom. The number of anilines is 1. The summed E-state index contributed by atoms with van der Waals surface area (Å²) < 4.78 is 11.5. The zero-order valence-electron chi connectivity index (χ0n) is 12.8. The molecule has 3 rings (SSSR count). The maximum absolute atomic E-state index is 12.1. The summed E-state index contributed by atoms with van der Waals surface area (Å²) in [6.45, 7) is 1.40. The number of amides is 1. The number of esters is 1. The number of nitrogens with one attached hydrogen (secondary N) is 1. The van der Waals surface area contributed by atoms with Crippen molar-refractivity contribution in [2.24, 2.45) is 0 Å². The monoisotopic (exact) mass is 387 g/mol. The molecule has 122 valence electrons. The summed E-state index contributed by atoms with van der Waals surface area (Å²) in [6, 6.07) is 14.4. The number of hydrogen-bond donors (Lipinski definition) is 1. The average Bonchev–Trinajstić information content (AvgIpc) is 2.92. The van der Waals surface area contributed by atoms with Crippen LogP contribution in [0.2, 0.25) is 0 Å². The Morgan fingerprint density at radius 3 is 2.54 bits per heavy atom. The highest BCUT2D eigenvalue weighted by atomic mass is 79.9. The molecule has 0 aliphatic rings. The fraction of sp³-hybridized carbons (Fsp3) is 0.111. The Hall–Kier alpha value is -2.60. The Morgan fingerprint density at radius 1 is 1.12 bits per heavy atom. The van der Waals surface area contributed by atoms with Gasteiger partial charge in [0.15, 0.2) is 6.61 Å². The number of rotatable bonds is 4. The molecule has 6 heteroatoms. The van der Waals surface area contributed by atoms with Gasteiger partial charge in [-0.1, -0.05) is 34.1 Å². The van der Waals surface area contributed by atoms with Crippen LogP contribution in [-0.4, -0.2) is 18.5 Å². The molecule has 0 radical (unpaired) electrons. The molecule has 0 saturated carbocycles. The van der Waals surface area contributed by atoms with Crippen LogP contribution in [0, 0.1) is 6.92 Å². The Bertz CT molecular complexity index is 899.